The van der Waals surface area contributed by atoms with E-state index in [0.717, 1.165) is 0 Å². The van der Waals surface area contributed by atoms with Crippen LogP contribution in [0.25, 0.3) is 5.43 Å². The number of esters is 1. The first-order chi connectivity index (χ1) is 5.77. The lowest BCUT2D eigenvalue weighted by atomic mass is 10.5. The van der Waals surface area contributed by atoms with Gasteiger partial charge in [-0.15, -0.1) is 0 Å². The molecule has 6 heteroatoms. The van der Waals surface area contributed by atoms with Gasteiger partial charge >= 0.3 is 5.97 Å². The van der Waals surface area contributed by atoms with E-state index < -0.39 is 12.1 Å². The van der Waals surface area contributed by atoms with E-state index >= 15 is 0 Å². The summed E-state index contributed by atoms with van der Waals surface area (Å²) in [4.78, 5) is 14.6. The number of hydrogen-bond acceptors (Lipinski definition) is 4. The molecule has 1 aliphatic rings. The van der Waals surface area contributed by atoms with Crippen molar-refractivity contribution in [1.29, 1.82) is 5.26 Å². The van der Waals surface area contributed by atoms with Crippen LogP contribution in [0.15, 0.2) is 4.99 Å². The summed E-state index contributed by atoms with van der Waals surface area (Å²) < 4.78 is 4.42. The monoisotopic (exact) mass is 168 g/mol. The Balaban J connectivity index is 2.43. The van der Waals surface area contributed by atoms with Gasteiger partial charge in [-0.05, 0) is 0 Å². The number of methoxy groups -OCH3 is 1. The van der Waals surface area contributed by atoms with Crippen LogP contribution in [-0.4, -0.2) is 32.1 Å². The Labute approximate surface area is 69.4 Å². The molecule has 0 aliphatic carbocycles. The molecule has 0 radical (unpaired) electrons. The number of carbonyl (C=O) groups excluding carboxylic acids is 1. The first-order valence-electron chi connectivity index (χ1n) is 3.32. The van der Waals surface area contributed by atoms with Crippen LogP contribution >= 0.6 is 0 Å². The molecule has 1 heterocycles. The third kappa shape index (κ3) is 1.78. The highest BCUT2D eigenvalue weighted by molar-refractivity contribution is 5.80. The van der Waals surface area contributed by atoms with Crippen LogP contribution < -0.4 is 5.01 Å². The molecule has 2 atom stereocenters. The number of nitriles is 1. The van der Waals surface area contributed by atoms with Gasteiger partial charge in [0.1, 0.15) is 12.2 Å². The first kappa shape index (κ1) is 8.64. The summed E-state index contributed by atoms with van der Waals surface area (Å²) in [6, 6.07) is 1.91. The van der Waals surface area contributed by atoms with Gasteiger partial charge in [0.2, 0.25) is 0 Å². The SMILES string of the molecule is COC(=O)C1N=C[NH+](CC#N)[N-]1. The molecule has 0 bridgehead atoms. The lowest BCUT2D eigenvalue weighted by Crippen LogP contribution is -3.05. The summed E-state index contributed by atoms with van der Waals surface area (Å²) in [7, 11) is 1.27. The average Bonchev–Trinajstić information content (AvgIpc) is 2.52. The van der Waals surface area contributed by atoms with Gasteiger partial charge in [0.25, 0.3) is 0 Å². The van der Waals surface area contributed by atoms with E-state index in [1.807, 2.05) is 6.07 Å². The fourth-order valence-corrected chi connectivity index (χ4v) is 0.772. The zero-order valence-electron chi connectivity index (χ0n) is 6.52. The Morgan fingerprint density at radius 2 is 2.75 bits per heavy atom. The number of nitrogens with one attached hydrogen (secondary N) is 1. The lowest BCUT2D eigenvalue weighted by molar-refractivity contribution is -0.743. The Hall–Kier alpha value is -1.45. The molecule has 0 aromatic heterocycles. The molecule has 0 saturated heterocycles. The van der Waals surface area contributed by atoms with E-state index in [9.17, 15) is 4.79 Å². The van der Waals surface area contributed by atoms with Crippen LogP contribution in [-0.2, 0) is 9.53 Å². The molecule has 0 fully saturated rings. The zero-order valence-corrected chi connectivity index (χ0v) is 6.52. The van der Waals surface area contributed by atoms with Crippen LogP contribution in [0.2, 0.25) is 0 Å². The quantitative estimate of drug-likeness (QED) is 0.391. The van der Waals surface area contributed by atoms with Gasteiger partial charge in [-0.1, -0.05) is 0 Å². The molecule has 0 saturated carbocycles. The summed E-state index contributed by atoms with van der Waals surface area (Å²) in [5, 5.41) is 8.82. The number of aliphatic imine (C=N–C) groups is 1. The van der Waals surface area contributed by atoms with E-state index in [0.29, 0.717) is 5.01 Å². The molecule has 2 unspecified atom stereocenters. The molecule has 6 nitrogen and oxygen atoms in total. The van der Waals surface area contributed by atoms with E-state index in [1.165, 1.54) is 13.4 Å². The second-order valence-electron chi connectivity index (χ2n) is 2.13. The van der Waals surface area contributed by atoms with Crippen molar-refractivity contribution in [3.8, 4) is 6.07 Å². The molecule has 64 valence electrons. The lowest BCUT2D eigenvalue weighted by Gasteiger charge is -2.20. The van der Waals surface area contributed by atoms with Gasteiger partial charge < -0.3 is 15.2 Å². The molecule has 0 aromatic carbocycles. The maximum Gasteiger partial charge on any atom is 0.313 e. The molecular weight excluding hydrogens is 160 g/mol. The summed E-state index contributed by atoms with van der Waals surface area (Å²) in [6.45, 7) is 0.178. The Morgan fingerprint density at radius 1 is 2.00 bits per heavy atom. The van der Waals surface area contributed by atoms with Crippen LogP contribution in [0.4, 0.5) is 0 Å². The number of carbonyl (C=O) groups is 1. The summed E-state index contributed by atoms with van der Waals surface area (Å²) in [6.07, 6.45) is 0.628. The van der Waals surface area contributed by atoms with Crippen molar-refractivity contribution in [2.24, 2.45) is 4.99 Å². The molecule has 1 rings (SSSR count). The van der Waals surface area contributed by atoms with Crippen LogP contribution in [0.3, 0.4) is 0 Å². The minimum Gasteiger partial charge on any atom is -0.469 e. The molecule has 1 aliphatic heterocycles. The van der Waals surface area contributed by atoms with Crippen molar-refractivity contribution in [2.45, 2.75) is 6.17 Å². The second-order valence-corrected chi connectivity index (χ2v) is 2.13. The average molecular weight is 168 g/mol. The van der Waals surface area contributed by atoms with Crippen LogP contribution in [0, 0.1) is 11.3 Å². The van der Waals surface area contributed by atoms with E-state index in [-0.39, 0.29) is 6.54 Å². The van der Waals surface area contributed by atoms with Crippen LogP contribution in [0.1, 0.15) is 0 Å². The topological polar surface area (TPSA) is 81.0 Å². The summed E-state index contributed by atoms with van der Waals surface area (Å²) in [5.74, 6) is -0.501. The largest absolute Gasteiger partial charge is 0.469 e. The van der Waals surface area contributed by atoms with Gasteiger partial charge in [-0.3, -0.25) is 4.79 Å². The number of nitrogens with zero attached hydrogens (tertiary/aromatic N) is 3. The number of hydrogen-bond donors (Lipinski definition) is 1. The van der Waals surface area contributed by atoms with Crippen molar-refractivity contribution in [3.05, 3.63) is 5.43 Å². The minimum atomic E-state index is -0.793. The first-order valence-corrected chi connectivity index (χ1v) is 3.32. The van der Waals surface area contributed by atoms with E-state index in [1.54, 1.807) is 0 Å². The highest BCUT2D eigenvalue weighted by atomic mass is 16.5. The number of quaternary nitrogens is 1. The standard InChI is InChI=1S/C6H8N4O2/c1-12-6(11)5-8-4-10(9-5)3-2-7/h4-5,10H,3H2,1H3. The van der Waals surface area contributed by atoms with Gasteiger partial charge in [0.05, 0.1) is 7.11 Å². The predicted octanol–water partition coefficient (Wildman–Crippen LogP) is -1.78. The van der Waals surface area contributed by atoms with Crippen molar-refractivity contribution < 1.29 is 14.5 Å². The Kier molecular flexibility index (Phi) is 2.74. The smallest absolute Gasteiger partial charge is 0.313 e. The van der Waals surface area contributed by atoms with E-state index in [2.05, 4.69) is 15.2 Å². The molecular formula is C6H8N4O2. The third-order valence-corrected chi connectivity index (χ3v) is 1.33. The minimum absolute atomic E-state index is 0.178. The number of rotatable bonds is 2. The van der Waals surface area contributed by atoms with Gasteiger partial charge in [0, 0.05) is 0 Å². The second kappa shape index (κ2) is 3.80. The maximum absolute atomic E-state index is 10.8. The molecule has 1 N–H and O–H groups in total. The zero-order chi connectivity index (χ0) is 8.97. The fraction of sp³-hybridized carbons (Fsp3) is 0.500. The summed E-state index contributed by atoms with van der Waals surface area (Å²) in [5.41, 5.74) is 3.85. The van der Waals surface area contributed by atoms with Crippen molar-refractivity contribution >= 4 is 12.3 Å². The normalized spacial score (nSPS) is 26.7. The molecule has 0 amide bonds. The van der Waals surface area contributed by atoms with Crippen LogP contribution in [0.5, 0.6) is 0 Å². The molecule has 0 spiro atoms. The third-order valence-electron chi connectivity index (χ3n) is 1.33. The fourth-order valence-electron chi connectivity index (χ4n) is 0.772. The Morgan fingerprint density at radius 3 is 3.33 bits per heavy atom. The van der Waals surface area contributed by atoms with Gasteiger partial charge in [0.15, 0.2) is 12.9 Å². The number of ether oxygens (including phenoxy) is 1. The predicted molar refractivity (Wildman–Crippen MR) is 39.1 cm³/mol. The van der Waals surface area contributed by atoms with Crippen molar-refractivity contribution in [2.75, 3.05) is 13.7 Å². The molecule has 12 heavy (non-hydrogen) atoms. The van der Waals surface area contributed by atoms with Gasteiger partial charge in [-0.2, -0.15) is 5.26 Å². The molecule has 0 aromatic rings. The Bertz CT molecular complexity index is 244. The summed E-state index contributed by atoms with van der Waals surface area (Å²) >= 11 is 0. The highest BCUT2D eigenvalue weighted by Crippen LogP contribution is 2.00. The highest BCUT2D eigenvalue weighted by Gasteiger charge is 2.17. The van der Waals surface area contributed by atoms with Crippen molar-refractivity contribution in [3.63, 3.8) is 0 Å². The van der Waals surface area contributed by atoms with Crippen molar-refractivity contribution in [1.82, 2.24) is 0 Å². The van der Waals surface area contributed by atoms with Gasteiger partial charge in [-0.25, -0.2) is 4.99 Å². The maximum atomic E-state index is 10.8. The van der Waals surface area contributed by atoms with E-state index in [4.69, 9.17) is 5.26 Å².